The molecule has 0 bridgehead atoms. The lowest BCUT2D eigenvalue weighted by atomic mass is 10.2. The number of carbonyl (C=O) groups is 1. The van der Waals surface area contributed by atoms with Gasteiger partial charge in [-0.15, -0.1) is 0 Å². The molecule has 1 amide bonds. The Morgan fingerprint density at radius 3 is 2.67 bits per heavy atom. The number of rotatable bonds is 3. The Labute approximate surface area is 106 Å². The van der Waals surface area contributed by atoms with Crippen molar-refractivity contribution < 1.29 is 4.79 Å². The van der Waals surface area contributed by atoms with E-state index < -0.39 is 0 Å². The standard InChI is InChI=1S/C14H15N3O/c1-3-17(13-7-6-11(2)9-16-13)14(18)12-5-4-8-15-10-12/h4-10H,3H2,1-2H3. The fourth-order valence-corrected chi connectivity index (χ4v) is 1.67. The Hall–Kier alpha value is -2.23. The Kier molecular flexibility index (Phi) is 3.67. The smallest absolute Gasteiger partial charge is 0.260 e. The van der Waals surface area contributed by atoms with Gasteiger partial charge in [-0.05, 0) is 37.6 Å². The van der Waals surface area contributed by atoms with E-state index in [2.05, 4.69) is 9.97 Å². The monoisotopic (exact) mass is 241 g/mol. The van der Waals surface area contributed by atoms with Gasteiger partial charge in [-0.1, -0.05) is 6.07 Å². The van der Waals surface area contributed by atoms with Crippen LogP contribution in [0.25, 0.3) is 0 Å². The minimum Gasteiger partial charge on any atom is -0.293 e. The molecule has 0 radical (unpaired) electrons. The lowest BCUT2D eigenvalue weighted by molar-refractivity contribution is 0.0987. The second kappa shape index (κ2) is 5.40. The molecule has 0 N–H and O–H groups in total. The van der Waals surface area contributed by atoms with Crippen LogP contribution in [0.3, 0.4) is 0 Å². The average molecular weight is 241 g/mol. The zero-order chi connectivity index (χ0) is 13.0. The summed E-state index contributed by atoms with van der Waals surface area (Å²) in [7, 11) is 0. The van der Waals surface area contributed by atoms with E-state index in [0.717, 1.165) is 5.56 Å². The zero-order valence-electron chi connectivity index (χ0n) is 10.5. The molecular weight excluding hydrogens is 226 g/mol. The van der Waals surface area contributed by atoms with Crippen LogP contribution >= 0.6 is 0 Å². The Bertz CT molecular complexity index is 522. The first-order valence-electron chi connectivity index (χ1n) is 5.87. The molecule has 4 nitrogen and oxygen atoms in total. The maximum atomic E-state index is 12.3. The van der Waals surface area contributed by atoms with E-state index in [1.54, 1.807) is 35.6 Å². The normalized spacial score (nSPS) is 10.1. The molecule has 2 heterocycles. The van der Waals surface area contributed by atoms with Crippen molar-refractivity contribution in [1.82, 2.24) is 9.97 Å². The molecule has 0 aliphatic rings. The van der Waals surface area contributed by atoms with Gasteiger partial charge in [0.25, 0.3) is 5.91 Å². The number of aromatic nitrogens is 2. The second-order valence-electron chi connectivity index (χ2n) is 3.98. The maximum Gasteiger partial charge on any atom is 0.260 e. The van der Waals surface area contributed by atoms with E-state index in [9.17, 15) is 4.79 Å². The molecule has 0 aromatic carbocycles. The van der Waals surface area contributed by atoms with E-state index in [1.165, 1.54) is 0 Å². The third-order valence-corrected chi connectivity index (χ3v) is 2.64. The average Bonchev–Trinajstić information content (AvgIpc) is 2.42. The lowest BCUT2D eigenvalue weighted by Gasteiger charge is -2.19. The topological polar surface area (TPSA) is 46.1 Å². The predicted molar refractivity (Wildman–Crippen MR) is 70.6 cm³/mol. The van der Waals surface area contributed by atoms with Gasteiger partial charge in [0.15, 0.2) is 0 Å². The van der Waals surface area contributed by atoms with E-state index >= 15 is 0 Å². The molecule has 0 fully saturated rings. The number of hydrogen-bond acceptors (Lipinski definition) is 3. The van der Waals surface area contributed by atoms with Crippen LogP contribution in [-0.4, -0.2) is 22.4 Å². The lowest BCUT2D eigenvalue weighted by Crippen LogP contribution is -2.31. The number of aryl methyl sites for hydroxylation is 1. The van der Waals surface area contributed by atoms with Gasteiger partial charge in [-0.25, -0.2) is 4.98 Å². The van der Waals surface area contributed by atoms with Gasteiger partial charge in [-0.3, -0.25) is 14.7 Å². The van der Waals surface area contributed by atoms with Crippen LogP contribution in [0.4, 0.5) is 5.82 Å². The predicted octanol–water partition coefficient (Wildman–Crippen LogP) is 2.45. The van der Waals surface area contributed by atoms with Gasteiger partial charge in [-0.2, -0.15) is 0 Å². The number of amides is 1. The third kappa shape index (κ3) is 2.53. The fourth-order valence-electron chi connectivity index (χ4n) is 1.67. The molecule has 0 aliphatic carbocycles. The molecule has 92 valence electrons. The van der Waals surface area contributed by atoms with Crippen molar-refractivity contribution in [2.45, 2.75) is 13.8 Å². The molecule has 0 saturated carbocycles. The summed E-state index contributed by atoms with van der Waals surface area (Å²) in [4.78, 5) is 22.2. The number of anilines is 1. The van der Waals surface area contributed by atoms with Gasteiger partial charge in [0, 0.05) is 25.1 Å². The molecule has 4 heteroatoms. The van der Waals surface area contributed by atoms with Crippen LogP contribution in [0.5, 0.6) is 0 Å². The van der Waals surface area contributed by atoms with Crippen molar-refractivity contribution in [2.24, 2.45) is 0 Å². The zero-order valence-corrected chi connectivity index (χ0v) is 10.5. The molecule has 2 aromatic rings. The van der Waals surface area contributed by atoms with Gasteiger partial charge in [0.1, 0.15) is 5.82 Å². The fraction of sp³-hybridized carbons (Fsp3) is 0.214. The van der Waals surface area contributed by atoms with E-state index in [-0.39, 0.29) is 5.91 Å². The van der Waals surface area contributed by atoms with Gasteiger partial charge < -0.3 is 0 Å². The van der Waals surface area contributed by atoms with Crippen LogP contribution < -0.4 is 4.90 Å². The number of hydrogen-bond donors (Lipinski definition) is 0. The highest BCUT2D eigenvalue weighted by atomic mass is 16.2. The van der Waals surface area contributed by atoms with Crippen molar-refractivity contribution in [3.8, 4) is 0 Å². The highest BCUT2D eigenvalue weighted by Gasteiger charge is 2.16. The molecule has 0 saturated heterocycles. The first-order valence-corrected chi connectivity index (χ1v) is 5.87. The molecular formula is C14H15N3O. The van der Waals surface area contributed by atoms with Crippen molar-refractivity contribution in [1.29, 1.82) is 0 Å². The summed E-state index contributed by atoms with van der Waals surface area (Å²) in [5, 5.41) is 0. The number of pyridine rings is 2. The first-order chi connectivity index (χ1) is 8.72. The first kappa shape index (κ1) is 12.2. The minimum atomic E-state index is -0.0815. The number of carbonyl (C=O) groups excluding carboxylic acids is 1. The molecule has 0 unspecified atom stereocenters. The minimum absolute atomic E-state index is 0.0815. The summed E-state index contributed by atoms with van der Waals surface area (Å²) in [6, 6.07) is 7.31. The van der Waals surface area contributed by atoms with Crippen molar-refractivity contribution in [3.63, 3.8) is 0 Å². The van der Waals surface area contributed by atoms with Crippen LogP contribution in [0, 0.1) is 6.92 Å². The largest absolute Gasteiger partial charge is 0.293 e. The molecule has 2 rings (SSSR count). The van der Waals surface area contributed by atoms with Crippen LogP contribution in [-0.2, 0) is 0 Å². The molecule has 18 heavy (non-hydrogen) atoms. The quantitative estimate of drug-likeness (QED) is 0.829. The molecule has 0 aliphatic heterocycles. The Morgan fingerprint density at radius 2 is 2.11 bits per heavy atom. The molecule has 2 aromatic heterocycles. The van der Waals surface area contributed by atoms with Crippen molar-refractivity contribution in [3.05, 3.63) is 54.0 Å². The summed E-state index contributed by atoms with van der Waals surface area (Å²) < 4.78 is 0. The van der Waals surface area contributed by atoms with E-state index in [1.807, 2.05) is 26.0 Å². The molecule has 0 spiro atoms. The Morgan fingerprint density at radius 1 is 1.28 bits per heavy atom. The van der Waals surface area contributed by atoms with Gasteiger partial charge in [0.05, 0.1) is 5.56 Å². The highest BCUT2D eigenvalue weighted by molar-refractivity contribution is 6.05. The summed E-state index contributed by atoms with van der Waals surface area (Å²) in [6.45, 7) is 4.47. The third-order valence-electron chi connectivity index (χ3n) is 2.64. The SMILES string of the molecule is CCN(C(=O)c1cccnc1)c1ccc(C)cn1. The summed E-state index contributed by atoms with van der Waals surface area (Å²) in [5.41, 5.74) is 1.64. The number of nitrogens with zero attached hydrogens (tertiary/aromatic N) is 3. The second-order valence-corrected chi connectivity index (χ2v) is 3.98. The summed E-state index contributed by atoms with van der Waals surface area (Å²) in [6.07, 6.45) is 4.98. The summed E-state index contributed by atoms with van der Waals surface area (Å²) >= 11 is 0. The van der Waals surface area contributed by atoms with Gasteiger partial charge in [0.2, 0.25) is 0 Å². The Balaban J connectivity index is 2.29. The van der Waals surface area contributed by atoms with Crippen molar-refractivity contribution in [2.75, 3.05) is 11.4 Å². The van der Waals surface area contributed by atoms with Crippen LogP contribution in [0.15, 0.2) is 42.9 Å². The maximum absolute atomic E-state index is 12.3. The van der Waals surface area contributed by atoms with Gasteiger partial charge >= 0.3 is 0 Å². The molecule has 0 atom stereocenters. The van der Waals surface area contributed by atoms with Crippen molar-refractivity contribution >= 4 is 11.7 Å². The van der Waals surface area contributed by atoms with Crippen LogP contribution in [0.2, 0.25) is 0 Å². The van der Waals surface area contributed by atoms with E-state index in [4.69, 9.17) is 0 Å². The highest BCUT2D eigenvalue weighted by Crippen LogP contribution is 2.14. The summed E-state index contributed by atoms with van der Waals surface area (Å²) in [5.74, 6) is 0.582. The van der Waals surface area contributed by atoms with Crippen LogP contribution in [0.1, 0.15) is 22.8 Å². The van der Waals surface area contributed by atoms with E-state index in [0.29, 0.717) is 17.9 Å².